The van der Waals surface area contributed by atoms with Gasteiger partial charge in [0, 0.05) is 31.1 Å². The second kappa shape index (κ2) is 10.1. The predicted molar refractivity (Wildman–Crippen MR) is 119 cm³/mol. The third kappa shape index (κ3) is 5.39. The van der Waals surface area contributed by atoms with Crippen LogP contribution in [0.15, 0.2) is 43.0 Å². The minimum absolute atomic E-state index is 0. The first-order valence-corrected chi connectivity index (χ1v) is 9.62. The maximum absolute atomic E-state index is 12.5. The molecule has 3 aromatic rings. The van der Waals surface area contributed by atoms with Gasteiger partial charge < -0.3 is 15.4 Å². The quantitative estimate of drug-likeness (QED) is 0.606. The van der Waals surface area contributed by atoms with Gasteiger partial charge >= 0.3 is 0 Å². The molecule has 2 aromatic heterocycles. The first-order valence-electron chi connectivity index (χ1n) is 9.62. The summed E-state index contributed by atoms with van der Waals surface area (Å²) in [4.78, 5) is 25.6. The Bertz CT molecular complexity index is 1100. The van der Waals surface area contributed by atoms with Gasteiger partial charge in [-0.05, 0) is 31.0 Å². The molecule has 4 rings (SSSR count). The van der Waals surface area contributed by atoms with E-state index in [2.05, 4.69) is 31.7 Å². The molecule has 9 nitrogen and oxygen atoms in total. The summed E-state index contributed by atoms with van der Waals surface area (Å²) in [6, 6.07) is 9.39. The Labute approximate surface area is 186 Å². The van der Waals surface area contributed by atoms with Crippen molar-refractivity contribution in [3.05, 3.63) is 65.4 Å². The molecule has 0 aliphatic carbocycles. The largest absolute Gasteiger partial charge is 0.379 e. The van der Waals surface area contributed by atoms with Crippen LogP contribution in [0, 0.1) is 18.3 Å². The zero-order valence-electron chi connectivity index (χ0n) is 17.0. The zero-order valence-corrected chi connectivity index (χ0v) is 18.0. The topological polar surface area (TPSA) is 118 Å². The summed E-state index contributed by atoms with van der Waals surface area (Å²) in [7, 11) is 0. The summed E-state index contributed by atoms with van der Waals surface area (Å²) >= 11 is 0. The standard InChI is InChI=1S/C21H21N7O2.H2S/c1-14-9-24-21(26-17-5-6-30-12-17)27-19(14)28-11-18(25-13-28)20(29)23-10-16-4-2-3-15(7-16)8-22;/h2-4,7,9,11,13,17H,5-6,10,12H2,1H3,(H,23,29)(H,24,26,27);1H2. The van der Waals surface area contributed by atoms with Crippen LogP contribution in [0.5, 0.6) is 0 Å². The number of imidazole rings is 1. The van der Waals surface area contributed by atoms with Gasteiger partial charge in [0.1, 0.15) is 17.8 Å². The Morgan fingerprint density at radius 1 is 1.39 bits per heavy atom. The van der Waals surface area contributed by atoms with E-state index in [4.69, 9.17) is 10.00 Å². The van der Waals surface area contributed by atoms with E-state index in [-0.39, 0.29) is 31.1 Å². The molecule has 1 saturated heterocycles. The molecule has 31 heavy (non-hydrogen) atoms. The van der Waals surface area contributed by atoms with Crippen molar-refractivity contribution in [3.8, 4) is 11.9 Å². The lowest BCUT2D eigenvalue weighted by Crippen LogP contribution is -2.23. The lowest BCUT2D eigenvalue weighted by Gasteiger charge is -2.12. The Morgan fingerprint density at radius 2 is 2.26 bits per heavy atom. The molecule has 1 aliphatic heterocycles. The third-order valence-corrected chi connectivity index (χ3v) is 4.78. The molecule has 0 spiro atoms. The molecule has 1 amide bonds. The molecule has 1 fully saturated rings. The second-order valence-corrected chi connectivity index (χ2v) is 7.07. The van der Waals surface area contributed by atoms with Gasteiger partial charge in [-0.2, -0.15) is 23.7 Å². The van der Waals surface area contributed by atoms with E-state index in [1.807, 2.05) is 13.0 Å². The minimum atomic E-state index is -0.302. The van der Waals surface area contributed by atoms with E-state index in [9.17, 15) is 4.79 Å². The number of hydrogen-bond donors (Lipinski definition) is 2. The van der Waals surface area contributed by atoms with Gasteiger partial charge in [0.15, 0.2) is 0 Å². The highest BCUT2D eigenvalue weighted by atomic mass is 32.1. The maximum atomic E-state index is 12.5. The third-order valence-electron chi connectivity index (χ3n) is 4.78. The lowest BCUT2D eigenvalue weighted by molar-refractivity contribution is 0.0946. The summed E-state index contributed by atoms with van der Waals surface area (Å²) in [6.07, 6.45) is 5.85. The van der Waals surface area contributed by atoms with E-state index in [0.717, 1.165) is 24.2 Å². The summed E-state index contributed by atoms with van der Waals surface area (Å²) in [6.45, 7) is 3.58. The van der Waals surface area contributed by atoms with E-state index in [0.29, 0.717) is 30.5 Å². The molecule has 0 radical (unpaired) electrons. The Balaban J connectivity index is 0.00000272. The Morgan fingerprint density at radius 3 is 3.03 bits per heavy atom. The number of aryl methyl sites for hydroxylation is 1. The summed E-state index contributed by atoms with van der Waals surface area (Å²) < 4.78 is 7.08. The molecule has 1 unspecified atom stereocenters. The molecular formula is C21H23N7O2S. The highest BCUT2D eigenvalue weighted by Gasteiger charge is 2.17. The fraction of sp³-hybridized carbons (Fsp3) is 0.286. The van der Waals surface area contributed by atoms with E-state index in [1.165, 1.54) is 0 Å². The van der Waals surface area contributed by atoms with Gasteiger partial charge in [-0.3, -0.25) is 9.36 Å². The minimum Gasteiger partial charge on any atom is -0.379 e. The van der Waals surface area contributed by atoms with E-state index in [1.54, 1.807) is 41.5 Å². The number of carbonyl (C=O) groups is 1. The summed E-state index contributed by atoms with van der Waals surface area (Å²) in [5.74, 6) is 0.868. The smallest absolute Gasteiger partial charge is 0.271 e. The van der Waals surface area contributed by atoms with Gasteiger partial charge in [0.25, 0.3) is 5.91 Å². The number of aromatic nitrogens is 4. The monoisotopic (exact) mass is 437 g/mol. The van der Waals surface area contributed by atoms with Crippen LogP contribution in [0.2, 0.25) is 0 Å². The van der Waals surface area contributed by atoms with Gasteiger partial charge in [-0.25, -0.2) is 9.97 Å². The summed E-state index contributed by atoms with van der Waals surface area (Å²) in [5, 5.41) is 15.1. The van der Waals surface area contributed by atoms with E-state index < -0.39 is 0 Å². The normalized spacial score (nSPS) is 15.0. The van der Waals surface area contributed by atoms with Crippen molar-refractivity contribution in [1.29, 1.82) is 5.26 Å². The van der Waals surface area contributed by atoms with Gasteiger partial charge in [0.05, 0.1) is 24.3 Å². The van der Waals surface area contributed by atoms with Crippen molar-refractivity contribution < 1.29 is 9.53 Å². The van der Waals surface area contributed by atoms with Crippen LogP contribution in [-0.2, 0) is 11.3 Å². The zero-order chi connectivity index (χ0) is 20.9. The average Bonchev–Trinajstić information content (AvgIpc) is 3.46. The van der Waals surface area contributed by atoms with Crippen LogP contribution in [0.3, 0.4) is 0 Å². The first kappa shape index (κ1) is 22.3. The van der Waals surface area contributed by atoms with Crippen molar-refractivity contribution in [2.24, 2.45) is 0 Å². The number of benzene rings is 1. The first-order chi connectivity index (χ1) is 14.6. The molecule has 1 atom stereocenters. The van der Waals surface area contributed by atoms with Crippen LogP contribution in [0.4, 0.5) is 5.95 Å². The molecular weight excluding hydrogens is 414 g/mol. The number of anilines is 1. The highest BCUT2D eigenvalue weighted by molar-refractivity contribution is 7.59. The highest BCUT2D eigenvalue weighted by Crippen LogP contribution is 2.16. The number of amides is 1. The lowest BCUT2D eigenvalue weighted by atomic mass is 10.1. The Kier molecular flexibility index (Phi) is 7.23. The molecule has 160 valence electrons. The number of nitrogens with zero attached hydrogens (tertiary/aromatic N) is 5. The molecule has 2 N–H and O–H groups in total. The second-order valence-electron chi connectivity index (χ2n) is 7.07. The molecule has 10 heteroatoms. The maximum Gasteiger partial charge on any atom is 0.271 e. The number of rotatable bonds is 6. The van der Waals surface area contributed by atoms with Crippen LogP contribution in [-0.4, -0.2) is 44.7 Å². The fourth-order valence-corrected chi connectivity index (χ4v) is 3.17. The molecule has 3 heterocycles. The number of nitriles is 1. The van der Waals surface area contributed by atoms with Crippen LogP contribution in [0.25, 0.3) is 5.82 Å². The van der Waals surface area contributed by atoms with E-state index >= 15 is 0 Å². The van der Waals surface area contributed by atoms with Crippen molar-refractivity contribution >= 4 is 25.4 Å². The molecule has 0 bridgehead atoms. The van der Waals surface area contributed by atoms with Crippen molar-refractivity contribution in [1.82, 2.24) is 24.8 Å². The summed E-state index contributed by atoms with van der Waals surface area (Å²) in [5.41, 5.74) is 2.54. The number of carbonyl (C=O) groups excluding carboxylic acids is 1. The SMILES string of the molecule is Cc1cnc(NC2CCOC2)nc1-n1cnc(C(=O)NCc2cccc(C#N)c2)c1.S. The van der Waals surface area contributed by atoms with Crippen LogP contribution >= 0.6 is 13.5 Å². The number of nitrogens with one attached hydrogen (secondary N) is 2. The van der Waals surface area contributed by atoms with Gasteiger partial charge in [-0.1, -0.05) is 12.1 Å². The molecule has 0 saturated carbocycles. The molecule has 1 aromatic carbocycles. The van der Waals surface area contributed by atoms with Crippen LogP contribution < -0.4 is 10.6 Å². The van der Waals surface area contributed by atoms with Gasteiger partial charge in [-0.15, -0.1) is 0 Å². The average molecular weight is 438 g/mol. The molecule has 1 aliphatic rings. The number of hydrogen-bond acceptors (Lipinski definition) is 7. The van der Waals surface area contributed by atoms with Crippen molar-refractivity contribution in [3.63, 3.8) is 0 Å². The number of ether oxygens (including phenoxy) is 1. The van der Waals surface area contributed by atoms with Crippen LogP contribution in [0.1, 0.15) is 33.6 Å². The fourth-order valence-electron chi connectivity index (χ4n) is 3.17. The predicted octanol–water partition coefficient (Wildman–Crippen LogP) is 2.09. The van der Waals surface area contributed by atoms with Crippen molar-refractivity contribution in [2.45, 2.75) is 25.9 Å². The van der Waals surface area contributed by atoms with Crippen molar-refractivity contribution in [2.75, 3.05) is 18.5 Å². The Hall–Kier alpha value is -3.42. The van der Waals surface area contributed by atoms with Gasteiger partial charge in [0.2, 0.25) is 5.95 Å².